The third-order valence-corrected chi connectivity index (χ3v) is 2.81. The number of aliphatic carboxylic acids is 1. The van der Waals surface area contributed by atoms with Gasteiger partial charge < -0.3 is 10.4 Å². The van der Waals surface area contributed by atoms with Gasteiger partial charge in [0, 0.05) is 6.04 Å². The molecule has 2 N–H and O–H groups in total. The van der Waals surface area contributed by atoms with Crippen molar-refractivity contribution in [3.63, 3.8) is 0 Å². The molecular formula is C14H19FN2O4. The van der Waals surface area contributed by atoms with Gasteiger partial charge in [0.15, 0.2) is 0 Å². The average Bonchev–Trinajstić information content (AvgIpc) is 2.24. The van der Waals surface area contributed by atoms with E-state index >= 15 is 0 Å². The summed E-state index contributed by atoms with van der Waals surface area (Å²) in [7, 11) is 0. The number of rotatable bonds is 6. The number of hydrogen-bond donors (Lipinski definition) is 2. The number of nitrogens with zero attached hydrogens (tertiary/aromatic N) is 1. The fraction of sp³-hybridized carbons (Fsp3) is 0.500. The van der Waals surface area contributed by atoms with E-state index in [0.717, 1.165) is 6.07 Å². The van der Waals surface area contributed by atoms with E-state index in [1.165, 1.54) is 12.1 Å². The molecule has 1 aromatic rings. The summed E-state index contributed by atoms with van der Waals surface area (Å²) in [6.07, 6.45) is 0.276. The van der Waals surface area contributed by atoms with E-state index in [9.17, 15) is 19.3 Å². The SMILES string of the molecule is CC(C)(C)CC(CC(=O)O)Nc1cccc(F)c1[N+](=O)[O-]. The van der Waals surface area contributed by atoms with Crippen LogP contribution in [0.25, 0.3) is 0 Å². The Morgan fingerprint density at radius 2 is 2.10 bits per heavy atom. The maximum atomic E-state index is 13.6. The number of hydrogen-bond acceptors (Lipinski definition) is 4. The number of para-hydroxylation sites is 1. The van der Waals surface area contributed by atoms with Crippen LogP contribution in [-0.4, -0.2) is 22.0 Å². The molecule has 6 nitrogen and oxygen atoms in total. The van der Waals surface area contributed by atoms with E-state index in [1.807, 2.05) is 20.8 Å². The van der Waals surface area contributed by atoms with Crippen molar-refractivity contribution in [3.05, 3.63) is 34.1 Å². The third-order valence-electron chi connectivity index (χ3n) is 2.81. The van der Waals surface area contributed by atoms with Gasteiger partial charge in [-0.25, -0.2) is 0 Å². The van der Waals surface area contributed by atoms with Crippen LogP contribution in [0.1, 0.15) is 33.6 Å². The Bertz CT molecular complexity index is 540. The molecule has 0 aromatic heterocycles. The van der Waals surface area contributed by atoms with Crippen LogP contribution < -0.4 is 5.32 Å². The summed E-state index contributed by atoms with van der Waals surface area (Å²) < 4.78 is 13.6. The number of halogens is 1. The summed E-state index contributed by atoms with van der Waals surface area (Å²) in [5.74, 6) is -1.97. The van der Waals surface area contributed by atoms with E-state index < -0.39 is 28.4 Å². The van der Waals surface area contributed by atoms with Crippen LogP contribution in [0.2, 0.25) is 0 Å². The Balaban J connectivity index is 3.06. The fourth-order valence-corrected chi connectivity index (χ4v) is 2.16. The number of nitro benzene ring substituents is 1. The fourth-order valence-electron chi connectivity index (χ4n) is 2.16. The predicted octanol–water partition coefficient (Wildman–Crippen LogP) is 3.43. The molecule has 7 heteroatoms. The Kier molecular flexibility index (Phi) is 5.23. The third kappa shape index (κ3) is 5.37. The van der Waals surface area contributed by atoms with Gasteiger partial charge in [-0.15, -0.1) is 0 Å². The highest BCUT2D eigenvalue weighted by molar-refractivity contribution is 5.69. The molecule has 0 amide bonds. The van der Waals surface area contributed by atoms with Crippen molar-refractivity contribution in [3.8, 4) is 0 Å². The second-order valence-corrected chi connectivity index (χ2v) is 6.10. The second-order valence-electron chi connectivity index (χ2n) is 6.10. The number of nitrogens with one attached hydrogen (secondary N) is 1. The molecule has 116 valence electrons. The predicted molar refractivity (Wildman–Crippen MR) is 76.8 cm³/mol. The van der Waals surface area contributed by atoms with Gasteiger partial charge >= 0.3 is 11.7 Å². The molecular weight excluding hydrogens is 279 g/mol. The van der Waals surface area contributed by atoms with Gasteiger partial charge in [-0.05, 0) is 24.0 Å². The zero-order chi connectivity index (χ0) is 16.2. The van der Waals surface area contributed by atoms with Gasteiger partial charge in [0.2, 0.25) is 5.82 Å². The number of nitro groups is 1. The van der Waals surface area contributed by atoms with Gasteiger partial charge in [0.05, 0.1) is 11.3 Å². The molecule has 0 radical (unpaired) electrons. The van der Waals surface area contributed by atoms with Crippen molar-refractivity contribution in [2.24, 2.45) is 5.41 Å². The molecule has 21 heavy (non-hydrogen) atoms. The molecule has 0 spiro atoms. The van der Waals surface area contributed by atoms with Crippen LogP contribution in [0.5, 0.6) is 0 Å². The average molecular weight is 298 g/mol. The van der Waals surface area contributed by atoms with E-state index in [4.69, 9.17) is 5.11 Å². The molecule has 1 unspecified atom stereocenters. The van der Waals surface area contributed by atoms with Crippen LogP contribution in [0.15, 0.2) is 18.2 Å². The summed E-state index contributed by atoms with van der Waals surface area (Å²) in [4.78, 5) is 21.1. The monoisotopic (exact) mass is 298 g/mol. The van der Waals surface area contributed by atoms with Crippen LogP contribution in [0.4, 0.5) is 15.8 Å². The van der Waals surface area contributed by atoms with E-state index in [0.29, 0.717) is 6.42 Å². The van der Waals surface area contributed by atoms with E-state index in [-0.39, 0.29) is 17.5 Å². The Morgan fingerprint density at radius 1 is 1.48 bits per heavy atom. The number of carboxylic acids is 1. The van der Waals surface area contributed by atoms with Crippen molar-refractivity contribution in [2.75, 3.05) is 5.32 Å². The molecule has 0 aliphatic rings. The van der Waals surface area contributed by atoms with Gasteiger partial charge in [-0.1, -0.05) is 26.8 Å². The summed E-state index contributed by atoms with van der Waals surface area (Å²) in [5, 5.41) is 22.7. The number of carboxylic acid groups (broad SMARTS) is 1. The first kappa shape index (κ1) is 16.9. The second kappa shape index (κ2) is 6.51. The lowest BCUT2D eigenvalue weighted by molar-refractivity contribution is -0.386. The minimum absolute atomic E-state index is 0.00417. The molecule has 0 bridgehead atoms. The summed E-state index contributed by atoms with van der Waals surface area (Å²) in [5.41, 5.74) is -0.841. The smallest absolute Gasteiger partial charge is 0.327 e. The molecule has 1 aromatic carbocycles. The molecule has 0 fully saturated rings. The molecule has 0 aliphatic carbocycles. The maximum Gasteiger partial charge on any atom is 0.327 e. The number of carbonyl (C=O) groups is 1. The zero-order valence-electron chi connectivity index (χ0n) is 12.2. The highest BCUT2D eigenvalue weighted by Crippen LogP contribution is 2.30. The van der Waals surface area contributed by atoms with Crippen LogP contribution in [-0.2, 0) is 4.79 Å². The van der Waals surface area contributed by atoms with Crippen molar-refractivity contribution >= 4 is 17.3 Å². The highest BCUT2D eigenvalue weighted by Gasteiger charge is 2.25. The lowest BCUT2D eigenvalue weighted by atomic mass is 9.87. The standard InChI is InChI=1S/C14H19FN2O4/c1-14(2,3)8-9(7-12(18)19)16-11-6-4-5-10(15)13(11)17(20)21/h4-6,9,16H,7-8H2,1-3H3,(H,18,19). The first-order chi connectivity index (χ1) is 9.60. The molecule has 0 saturated carbocycles. The summed E-state index contributed by atoms with van der Waals surface area (Å²) in [6.45, 7) is 5.80. The van der Waals surface area contributed by atoms with Crippen molar-refractivity contribution in [1.29, 1.82) is 0 Å². The van der Waals surface area contributed by atoms with Crippen molar-refractivity contribution in [2.45, 2.75) is 39.7 Å². The Morgan fingerprint density at radius 3 is 2.57 bits per heavy atom. The zero-order valence-corrected chi connectivity index (χ0v) is 12.2. The number of benzene rings is 1. The molecule has 0 aliphatic heterocycles. The van der Waals surface area contributed by atoms with Gasteiger partial charge in [0.1, 0.15) is 5.69 Å². The summed E-state index contributed by atoms with van der Waals surface area (Å²) >= 11 is 0. The Labute approximate surface area is 122 Å². The van der Waals surface area contributed by atoms with Crippen LogP contribution in [0.3, 0.4) is 0 Å². The van der Waals surface area contributed by atoms with Crippen LogP contribution in [0, 0.1) is 21.3 Å². The highest BCUT2D eigenvalue weighted by atomic mass is 19.1. The lowest BCUT2D eigenvalue weighted by Gasteiger charge is -2.26. The van der Waals surface area contributed by atoms with E-state index in [1.54, 1.807) is 0 Å². The van der Waals surface area contributed by atoms with Gasteiger partial charge in [-0.2, -0.15) is 4.39 Å². The van der Waals surface area contributed by atoms with Crippen molar-refractivity contribution < 1.29 is 19.2 Å². The van der Waals surface area contributed by atoms with Crippen molar-refractivity contribution in [1.82, 2.24) is 0 Å². The largest absolute Gasteiger partial charge is 0.481 e. The van der Waals surface area contributed by atoms with Gasteiger partial charge in [0.25, 0.3) is 0 Å². The minimum atomic E-state index is -1.02. The topological polar surface area (TPSA) is 92.5 Å². The maximum absolute atomic E-state index is 13.6. The molecule has 0 saturated heterocycles. The minimum Gasteiger partial charge on any atom is -0.481 e. The Hall–Kier alpha value is -2.18. The number of anilines is 1. The van der Waals surface area contributed by atoms with Gasteiger partial charge in [-0.3, -0.25) is 14.9 Å². The van der Waals surface area contributed by atoms with Crippen LogP contribution >= 0.6 is 0 Å². The quantitative estimate of drug-likeness (QED) is 0.620. The first-order valence-electron chi connectivity index (χ1n) is 6.51. The van der Waals surface area contributed by atoms with E-state index in [2.05, 4.69) is 5.32 Å². The molecule has 1 rings (SSSR count). The lowest BCUT2D eigenvalue weighted by Crippen LogP contribution is -2.28. The molecule has 0 heterocycles. The first-order valence-corrected chi connectivity index (χ1v) is 6.51. The molecule has 1 atom stereocenters. The normalized spacial score (nSPS) is 12.8. The summed E-state index contributed by atoms with van der Waals surface area (Å²) in [6, 6.07) is 3.19.